The molecule has 1 saturated heterocycles. The Balaban J connectivity index is 1.99. The number of aromatic amines is 1. The van der Waals surface area contributed by atoms with Crippen molar-refractivity contribution in [2.45, 2.75) is 32.7 Å². The van der Waals surface area contributed by atoms with Crippen LogP contribution in [0.25, 0.3) is 10.9 Å². The molecule has 106 valence electrons. The topological polar surface area (TPSA) is 49.0 Å². The van der Waals surface area contributed by atoms with Crippen LogP contribution in [0, 0.1) is 5.92 Å². The summed E-state index contributed by atoms with van der Waals surface area (Å²) in [6, 6.07) is 7.80. The van der Waals surface area contributed by atoms with Crippen LogP contribution < -0.4 is 5.56 Å². The molecule has 0 bridgehead atoms. The number of H-pyrrole nitrogens is 1. The second-order valence-corrected chi connectivity index (χ2v) is 6.02. The quantitative estimate of drug-likeness (QED) is 0.933. The van der Waals surface area contributed by atoms with E-state index < -0.39 is 0 Å². The van der Waals surface area contributed by atoms with E-state index in [4.69, 9.17) is 0 Å². The van der Waals surface area contributed by atoms with Crippen molar-refractivity contribution < 1.29 is 0 Å². The smallest absolute Gasteiger partial charge is 0.258 e. The molecule has 0 amide bonds. The summed E-state index contributed by atoms with van der Waals surface area (Å²) in [5.74, 6) is 1.45. The van der Waals surface area contributed by atoms with E-state index in [0.717, 1.165) is 30.9 Å². The number of para-hydroxylation sites is 1. The van der Waals surface area contributed by atoms with Crippen molar-refractivity contribution in [1.29, 1.82) is 0 Å². The summed E-state index contributed by atoms with van der Waals surface area (Å²) in [7, 11) is 0. The lowest BCUT2D eigenvalue weighted by atomic mass is 10.1. The summed E-state index contributed by atoms with van der Waals surface area (Å²) in [4.78, 5) is 22.3. The number of fused-ring (bicyclic) bond motifs is 1. The maximum absolute atomic E-state index is 12.2. The molecule has 2 aromatic rings. The predicted octanol–water partition coefficient (Wildman–Crippen LogP) is 2.72. The van der Waals surface area contributed by atoms with E-state index >= 15 is 0 Å². The zero-order valence-electron chi connectivity index (χ0n) is 12.1. The van der Waals surface area contributed by atoms with Crippen LogP contribution in [-0.4, -0.2) is 28.0 Å². The fourth-order valence-electron chi connectivity index (χ4n) is 3.09. The van der Waals surface area contributed by atoms with Gasteiger partial charge in [0.1, 0.15) is 5.82 Å². The number of rotatable bonds is 3. The summed E-state index contributed by atoms with van der Waals surface area (Å²) in [5, 5.41) is 0.671. The summed E-state index contributed by atoms with van der Waals surface area (Å²) in [6.07, 6.45) is 2.25. The average molecular weight is 271 g/mol. The lowest BCUT2D eigenvalue weighted by molar-refractivity contribution is 0.221. The molecule has 1 aliphatic rings. The lowest BCUT2D eigenvalue weighted by Crippen LogP contribution is -2.29. The molecule has 1 aromatic heterocycles. The van der Waals surface area contributed by atoms with E-state index in [1.165, 1.54) is 6.42 Å². The third-order valence-corrected chi connectivity index (χ3v) is 3.91. The van der Waals surface area contributed by atoms with Gasteiger partial charge in [0, 0.05) is 6.54 Å². The van der Waals surface area contributed by atoms with Crippen LogP contribution in [0.5, 0.6) is 0 Å². The van der Waals surface area contributed by atoms with Gasteiger partial charge in [-0.3, -0.25) is 9.69 Å². The zero-order valence-corrected chi connectivity index (χ0v) is 12.1. The monoisotopic (exact) mass is 271 g/mol. The van der Waals surface area contributed by atoms with Gasteiger partial charge in [-0.05, 0) is 37.4 Å². The highest BCUT2D eigenvalue weighted by atomic mass is 16.1. The van der Waals surface area contributed by atoms with E-state index in [9.17, 15) is 4.79 Å². The van der Waals surface area contributed by atoms with Crippen LogP contribution in [0.15, 0.2) is 29.1 Å². The van der Waals surface area contributed by atoms with Crippen molar-refractivity contribution in [2.24, 2.45) is 5.92 Å². The van der Waals surface area contributed by atoms with Crippen LogP contribution in [0.1, 0.15) is 38.6 Å². The van der Waals surface area contributed by atoms with Gasteiger partial charge in [-0.15, -0.1) is 0 Å². The van der Waals surface area contributed by atoms with Gasteiger partial charge in [0.05, 0.1) is 16.9 Å². The van der Waals surface area contributed by atoms with Crippen molar-refractivity contribution in [3.05, 3.63) is 40.4 Å². The molecule has 1 N–H and O–H groups in total. The summed E-state index contributed by atoms with van der Waals surface area (Å²) in [5.41, 5.74) is 0.768. The SMILES string of the molecule is CC(C)CN1CCCC1c1nc2ccccc2c(=O)[nH]1. The summed E-state index contributed by atoms with van der Waals surface area (Å²) in [6.45, 7) is 6.61. The third kappa shape index (κ3) is 2.48. The van der Waals surface area contributed by atoms with Crippen LogP contribution in [0.4, 0.5) is 0 Å². The second-order valence-electron chi connectivity index (χ2n) is 6.02. The maximum Gasteiger partial charge on any atom is 0.258 e. The van der Waals surface area contributed by atoms with Gasteiger partial charge in [-0.2, -0.15) is 0 Å². The highest BCUT2D eigenvalue weighted by molar-refractivity contribution is 5.77. The van der Waals surface area contributed by atoms with E-state index in [2.05, 4.69) is 28.7 Å². The minimum Gasteiger partial charge on any atom is -0.309 e. The standard InChI is InChI=1S/C16H21N3O/c1-11(2)10-19-9-5-8-14(19)15-17-13-7-4-3-6-12(13)16(20)18-15/h3-4,6-7,11,14H,5,8-10H2,1-2H3,(H,17,18,20). The predicted molar refractivity (Wildman–Crippen MR) is 80.7 cm³/mol. The number of hydrogen-bond donors (Lipinski definition) is 1. The van der Waals surface area contributed by atoms with Crippen molar-refractivity contribution >= 4 is 10.9 Å². The fourth-order valence-corrected chi connectivity index (χ4v) is 3.09. The Bertz CT molecular complexity index is 662. The van der Waals surface area contributed by atoms with Crippen LogP contribution in [0.3, 0.4) is 0 Å². The highest BCUT2D eigenvalue weighted by Gasteiger charge is 2.28. The molecule has 2 heterocycles. The highest BCUT2D eigenvalue weighted by Crippen LogP contribution is 2.30. The van der Waals surface area contributed by atoms with Gasteiger partial charge < -0.3 is 4.98 Å². The Hall–Kier alpha value is -1.68. The van der Waals surface area contributed by atoms with E-state index in [1.807, 2.05) is 24.3 Å². The Morgan fingerprint density at radius 2 is 2.20 bits per heavy atom. The largest absolute Gasteiger partial charge is 0.309 e. The van der Waals surface area contributed by atoms with Gasteiger partial charge in [0.15, 0.2) is 0 Å². The molecule has 4 nitrogen and oxygen atoms in total. The molecular weight excluding hydrogens is 250 g/mol. The molecule has 0 radical (unpaired) electrons. The number of likely N-dealkylation sites (tertiary alicyclic amines) is 1. The van der Waals surface area contributed by atoms with Crippen molar-refractivity contribution in [3.63, 3.8) is 0 Å². The van der Waals surface area contributed by atoms with Gasteiger partial charge in [0.2, 0.25) is 0 Å². The maximum atomic E-state index is 12.2. The average Bonchev–Trinajstić information content (AvgIpc) is 2.86. The molecule has 3 rings (SSSR count). The second kappa shape index (κ2) is 5.37. The van der Waals surface area contributed by atoms with E-state index in [1.54, 1.807) is 0 Å². The number of benzene rings is 1. The van der Waals surface area contributed by atoms with Gasteiger partial charge >= 0.3 is 0 Å². The Morgan fingerprint density at radius 1 is 1.40 bits per heavy atom. The molecule has 0 spiro atoms. The van der Waals surface area contributed by atoms with E-state index in [-0.39, 0.29) is 11.6 Å². The number of hydrogen-bond acceptors (Lipinski definition) is 3. The van der Waals surface area contributed by atoms with Crippen molar-refractivity contribution in [2.75, 3.05) is 13.1 Å². The summed E-state index contributed by atoms with van der Waals surface area (Å²) >= 11 is 0. The first-order valence-electron chi connectivity index (χ1n) is 7.38. The fraction of sp³-hybridized carbons (Fsp3) is 0.500. The third-order valence-electron chi connectivity index (χ3n) is 3.91. The zero-order chi connectivity index (χ0) is 14.1. The molecule has 1 atom stereocenters. The first-order chi connectivity index (χ1) is 9.65. The lowest BCUT2D eigenvalue weighted by Gasteiger charge is -2.25. The molecule has 1 unspecified atom stereocenters. The minimum atomic E-state index is -0.0259. The first-order valence-corrected chi connectivity index (χ1v) is 7.38. The summed E-state index contributed by atoms with van der Waals surface area (Å²) < 4.78 is 0. The molecular formula is C16H21N3O. The Kier molecular flexibility index (Phi) is 3.57. The van der Waals surface area contributed by atoms with Crippen molar-refractivity contribution in [3.8, 4) is 0 Å². The minimum absolute atomic E-state index is 0.0259. The normalized spacial score (nSPS) is 20.1. The van der Waals surface area contributed by atoms with Gasteiger partial charge in [0.25, 0.3) is 5.56 Å². The molecule has 1 aliphatic heterocycles. The van der Waals surface area contributed by atoms with Gasteiger partial charge in [-0.25, -0.2) is 4.98 Å². The molecule has 4 heteroatoms. The molecule has 1 fully saturated rings. The van der Waals surface area contributed by atoms with Gasteiger partial charge in [-0.1, -0.05) is 26.0 Å². The van der Waals surface area contributed by atoms with Crippen LogP contribution >= 0.6 is 0 Å². The molecule has 0 aliphatic carbocycles. The Labute approximate surface area is 118 Å². The van der Waals surface area contributed by atoms with Crippen molar-refractivity contribution in [1.82, 2.24) is 14.9 Å². The number of nitrogens with zero attached hydrogens (tertiary/aromatic N) is 2. The number of nitrogens with one attached hydrogen (secondary N) is 1. The Morgan fingerprint density at radius 3 is 3.00 bits per heavy atom. The molecule has 1 aromatic carbocycles. The number of aromatic nitrogens is 2. The molecule has 20 heavy (non-hydrogen) atoms. The molecule has 0 saturated carbocycles. The van der Waals surface area contributed by atoms with Crippen LogP contribution in [0.2, 0.25) is 0 Å². The first kappa shape index (κ1) is 13.3. The van der Waals surface area contributed by atoms with Crippen LogP contribution in [-0.2, 0) is 0 Å². The van der Waals surface area contributed by atoms with E-state index in [0.29, 0.717) is 11.3 Å².